The number of hydrogen-bond donors (Lipinski definition) is 1. The number of ether oxygens (including phenoxy) is 1. The summed E-state index contributed by atoms with van der Waals surface area (Å²) in [5.74, 6) is 0.506. The van der Waals surface area contributed by atoms with E-state index in [-0.39, 0.29) is 30.1 Å². The Morgan fingerprint density at radius 2 is 1.73 bits per heavy atom. The number of nitrogens with two attached hydrogens (primary N) is 1. The summed E-state index contributed by atoms with van der Waals surface area (Å²) in [6.45, 7) is 12.6. The van der Waals surface area contributed by atoms with Gasteiger partial charge in [0.1, 0.15) is 5.60 Å². The van der Waals surface area contributed by atoms with Crippen molar-refractivity contribution in [3.8, 4) is 0 Å². The van der Waals surface area contributed by atoms with Gasteiger partial charge < -0.3 is 20.3 Å². The molecule has 1 aliphatic heterocycles. The smallest absolute Gasteiger partial charge is 0.410 e. The molecule has 2 heterocycles. The summed E-state index contributed by atoms with van der Waals surface area (Å²) >= 11 is 0. The standard InChI is InChI=1S/C17H30N6O2.HI/c1-12-14(13(2)21(6)20-12)11-19-15(18)22-7-9-23(10-8-22)16(24)25-17(3,4)5;/h7-11H2,1-6H3,(H2,18,19);1H. The summed E-state index contributed by atoms with van der Waals surface area (Å²) in [6.07, 6.45) is -0.274. The van der Waals surface area contributed by atoms with Gasteiger partial charge in [0.2, 0.25) is 0 Å². The number of nitrogens with zero attached hydrogens (tertiary/aromatic N) is 5. The molecule has 1 aliphatic rings. The maximum Gasteiger partial charge on any atom is 0.410 e. The molecule has 1 fully saturated rings. The molecule has 0 spiro atoms. The van der Waals surface area contributed by atoms with Crippen molar-refractivity contribution in [2.24, 2.45) is 17.8 Å². The molecule has 0 unspecified atom stereocenters. The molecule has 1 aromatic heterocycles. The number of amides is 1. The van der Waals surface area contributed by atoms with Crippen LogP contribution in [0, 0.1) is 13.8 Å². The van der Waals surface area contributed by atoms with Crippen molar-refractivity contribution < 1.29 is 9.53 Å². The van der Waals surface area contributed by atoms with Crippen LogP contribution in [0.2, 0.25) is 0 Å². The Labute approximate surface area is 172 Å². The second kappa shape index (κ2) is 8.92. The molecule has 8 nitrogen and oxygen atoms in total. The number of carbonyl (C=O) groups excluding carboxylic acids is 1. The minimum atomic E-state index is -0.478. The molecule has 9 heteroatoms. The minimum absolute atomic E-state index is 0. The van der Waals surface area contributed by atoms with Gasteiger partial charge in [-0.05, 0) is 34.6 Å². The van der Waals surface area contributed by atoms with Crippen LogP contribution in [0.1, 0.15) is 37.7 Å². The van der Waals surface area contributed by atoms with Crippen LogP contribution in [0.5, 0.6) is 0 Å². The summed E-state index contributed by atoms with van der Waals surface area (Å²) in [7, 11) is 1.93. The molecule has 1 amide bonds. The fraction of sp³-hybridized carbons (Fsp3) is 0.706. The van der Waals surface area contributed by atoms with Crippen LogP contribution in [0.3, 0.4) is 0 Å². The number of piperazine rings is 1. The van der Waals surface area contributed by atoms with Crippen LogP contribution in [0.15, 0.2) is 4.99 Å². The lowest BCUT2D eigenvalue weighted by Crippen LogP contribution is -2.53. The third-order valence-corrected chi connectivity index (χ3v) is 4.31. The Kier molecular flexibility index (Phi) is 7.72. The predicted molar refractivity (Wildman–Crippen MR) is 113 cm³/mol. The first kappa shape index (κ1) is 22.5. The van der Waals surface area contributed by atoms with E-state index in [4.69, 9.17) is 10.5 Å². The Balaban J connectivity index is 0.00000338. The summed E-state index contributed by atoms with van der Waals surface area (Å²) in [4.78, 5) is 20.3. The maximum atomic E-state index is 12.1. The third kappa shape index (κ3) is 5.75. The monoisotopic (exact) mass is 478 g/mol. The van der Waals surface area contributed by atoms with Gasteiger partial charge in [0.05, 0.1) is 12.2 Å². The first-order chi connectivity index (χ1) is 11.6. The Morgan fingerprint density at radius 1 is 1.19 bits per heavy atom. The number of aliphatic imine (C=N–C) groups is 1. The van der Waals surface area contributed by atoms with Gasteiger partial charge in [-0.1, -0.05) is 0 Å². The number of rotatable bonds is 2. The van der Waals surface area contributed by atoms with Crippen LogP contribution in [0.4, 0.5) is 4.79 Å². The van der Waals surface area contributed by atoms with Crippen molar-refractivity contribution in [3.63, 3.8) is 0 Å². The first-order valence-electron chi connectivity index (χ1n) is 8.60. The van der Waals surface area contributed by atoms with Gasteiger partial charge in [-0.3, -0.25) is 4.68 Å². The van der Waals surface area contributed by atoms with Crippen LogP contribution in [-0.2, 0) is 18.3 Å². The molecule has 0 radical (unpaired) electrons. The Morgan fingerprint density at radius 3 is 2.19 bits per heavy atom. The first-order valence-corrected chi connectivity index (χ1v) is 8.60. The van der Waals surface area contributed by atoms with Gasteiger partial charge in [-0.25, -0.2) is 9.79 Å². The van der Waals surface area contributed by atoms with E-state index in [2.05, 4.69) is 10.1 Å². The molecule has 148 valence electrons. The SMILES string of the molecule is Cc1nn(C)c(C)c1CN=C(N)N1CCN(C(=O)OC(C)(C)C)CC1.I. The molecule has 1 aromatic rings. The van der Waals surface area contributed by atoms with E-state index in [1.165, 1.54) is 0 Å². The summed E-state index contributed by atoms with van der Waals surface area (Å²) in [6, 6.07) is 0. The maximum absolute atomic E-state index is 12.1. The van der Waals surface area contributed by atoms with E-state index in [1.807, 2.05) is 51.2 Å². The lowest BCUT2D eigenvalue weighted by Gasteiger charge is -2.36. The average Bonchev–Trinajstić information content (AvgIpc) is 2.76. The molecule has 26 heavy (non-hydrogen) atoms. The zero-order valence-corrected chi connectivity index (χ0v) is 18.9. The number of carbonyl (C=O) groups is 1. The van der Waals surface area contributed by atoms with E-state index < -0.39 is 5.60 Å². The Hall–Kier alpha value is -1.52. The minimum Gasteiger partial charge on any atom is -0.444 e. The van der Waals surface area contributed by atoms with Gasteiger partial charge in [0.25, 0.3) is 0 Å². The predicted octanol–water partition coefficient (Wildman–Crippen LogP) is 2.02. The fourth-order valence-electron chi connectivity index (χ4n) is 2.75. The van der Waals surface area contributed by atoms with Crippen LogP contribution < -0.4 is 5.73 Å². The molecular formula is C17H31IN6O2. The second-order valence-electron chi connectivity index (χ2n) is 7.40. The summed E-state index contributed by atoms with van der Waals surface area (Å²) in [5, 5.41) is 4.39. The van der Waals surface area contributed by atoms with E-state index in [0.29, 0.717) is 38.7 Å². The Bertz CT molecular complexity index is 657. The number of hydrogen-bond acceptors (Lipinski definition) is 4. The van der Waals surface area contributed by atoms with Crippen LogP contribution in [0.25, 0.3) is 0 Å². The van der Waals surface area contributed by atoms with Crippen LogP contribution >= 0.6 is 24.0 Å². The van der Waals surface area contributed by atoms with E-state index in [0.717, 1.165) is 17.0 Å². The average molecular weight is 478 g/mol. The molecule has 0 bridgehead atoms. The quantitative estimate of drug-likeness (QED) is 0.399. The van der Waals surface area contributed by atoms with Gasteiger partial charge >= 0.3 is 6.09 Å². The highest BCUT2D eigenvalue weighted by Gasteiger charge is 2.26. The lowest BCUT2D eigenvalue weighted by molar-refractivity contribution is 0.0186. The van der Waals surface area contributed by atoms with E-state index in [1.54, 1.807) is 4.90 Å². The normalized spacial score (nSPS) is 15.7. The number of guanidine groups is 1. The van der Waals surface area contributed by atoms with Crippen molar-refractivity contribution in [2.75, 3.05) is 26.2 Å². The fourth-order valence-corrected chi connectivity index (χ4v) is 2.75. The second-order valence-corrected chi connectivity index (χ2v) is 7.40. The highest BCUT2D eigenvalue weighted by Crippen LogP contribution is 2.14. The zero-order chi connectivity index (χ0) is 18.8. The largest absolute Gasteiger partial charge is 0.444 e. The van der Waals surface area contributed by atoms with Crippen molar-refractivity contribution in [2.45, 2.75) is 46.8 Å². The van der Waals surface area contributed by atoms with Gasteiger partial charge in [0, 0.05) is 44.5 Å². The molecule has 0 atom stereocenters. The molecule has 0 aromatic carbocycles. The summed E-state index contributed by atoms with van der Waals surface area (Å²) < 4.78 is 7.26. The zero-order valence-electron chi connectivity index (χ0n) is 16.6. The lowest BCUT2D eigenvalue weighted by atomic mass is 10.2. The molecular weight excluding hydrogens is 447 g/mol. The topological polar surface area (TPSA) is 89.0 Å². The highest BCUT2D eigenvalue weighted by atomic mass is 127. The highest BCUT2D eigenvalue weighted by molar-refractivity contribution is 14.0. The number of halogens is 1. The van der Waals surface area contributed by atoms with Crippen LogP contribution in [-0.4, -0.2) is 63.4 Å². The van der Waals surface area contributed by atoms with E-state index >= 15 is 0 Å². The van der Waals surface area contributed by atoms with Crippen molar-refractivity contribution in [1.82, 2.24) is 19.6 Å². The van der Waals surface area contributed by atoms with Gasteiger partial charge in [-0.2, -0.15) is 5.10 Å². The van der Waals surface area contributed by atoms with Crippen molar-refractivity contribution in [1.29, 1.82) is 0 Å². The number of aryl methyl sites for hydroxylation is 2. The summed E-state index contributed by atoms with van der Waals surface area (Å²) in [5.41, 5.74) is 8.85. The van der Waals surface area contributed by atoms with E-state index in [9.17, 15) is 4.79 Å². The third-order valence-electron chi connectivity index (χ3n) is 4.31. The van der Waals surface area contributed by atoms with Crippen molar-refractivity contribution in [3.05, 3.63) is 17.0 Å². The molecule has 0 saturated carbocycles. The van der Waals surface area contributed by atoms with Gasteiger partial charge in [0.15, 0.2) is 5.96 Å². The number of aromatic nitrogens is 2. The van der Waals surface area contributed by atoms with Crippen molar-refractivity contribution >= 4 is 36.0 Å². The molecule has 2 N–H and O–H groups in total. The molecule has 0 aliphatic carbocycles. The molecule has 2 rings (SSSR count). The van der Waals surface area contributed by atoms with Gasteiger partial charge in [-0.15, -0.1) is 24.0 Å². The molecule has 1 saturated heterocycles.